The monoisotopic (exact) mass is 766 g/mol. The van der Waals surface area contributed by atoms with Gasteiger partial charge >= 0.3 is 0 Å². The van der Waals surface area contributed by atoms with Crippen molar-refractivity contribution in [3.05, 3.63) is 149 Å². The number of aryl methyl sites for hydroxylation is 2. The van der Waals surface area contributed by atoms with Crippen LogP contribution in [0.1, 0.15) is 57.7 Å². The Balaban J connectivity index is 1.48. The molecule has 0 aliphatic rings. The molecule has 0 atom stereocenters. The fraction of sp³-hybridized carbons (Fsp3) is 0.195. The Bertz CT molecular complexity index is 2050. The fourth-order valence-electron chi connectivity index (χ4n) is 5.62. The number of thioether (sulfide) groups is 1. The number of nitrogens with zero attached hydrogens (tertiary/aromatic N) is 2. The van der Waals surface area contributed by atoms with Crippen LogP contribution in [0, 0.1) is 6.92 Å². The number of rotatable bonds is 15. The molecule has 0 N–H and O–H groups in total. The molecule has 5 aromatic rings. The van der Waals surface area contributed by atoms with Crippen LogP contribution in [0.15, 0.2) is 131 Å². The number of aromatic nitrogens is 1. The average Bonchev–Trinajstić information content (AvgIpc) is 3.44. The molecule has 0 fully saturated rings. The molecule has 4 aromatic carbocycles. The highest BCUT2D eigenvalue weighted by Crippen LogP contribution is 2.32. The van der Waals surface area contributed by atoms with E-state index in [4.69, 9.17) is 4.84 Å². The highest BCUT2D eigenvalue weighted by Gasteiger charge is 2.20. The van der Waals surface area contributed by atoms with Crippen molar-refractivity contribution >= 4 is 73.4 Å². The minimum Gasteiger partial charge on any atom is -0.391 e. The number of hydrogen-bond acceptors (Lipinski definition) is 5. The van der Waals surface area contributed by atoms with Crippen molar-refractivity contribution in [1.29, 1.82) is 0 Å². The van der Waals surface area contributed by atoms with Crippen molar-refractivity contribution in [3.8, 4) is 0 Å². The van der Waals surface area contributed by atoms with Gasteiger partial charge in [0.25, 0.3) is 0 Å². The van der Waals surface area contributed by atoms with Crippen molar-refractivity contribution < 1.29 is 14.4 Å². The second kappa shape index (κ2) is 16.8. The van der Waals surface area contributed by atoms with Gasteiger partial charge in [0, 0.05) is 66.5 Å². The Morgan fingerprint density at radius 2 is 1.65 bits per heavy atom. The van der Waals surface area contributed by atoms with Gasteiger partial charge in [0.15, 0.2) is 5.78 Å². The highest BCUT2D eigenvalue weighted by molar-refractivity contribution is 14.1. The smallest absolute Gasteiger partial charge is 0.210 e. The van der Waals surface area contributed by atoms with Crippen LogP contribution >= 0.6 is 34.4 Å². The number of hydrogen-bond donors (Lipinski definition) is 0. The summed E-state index contributed by atoms with van der Waals surface area (Å²) < 4.78 is 3.18. The zero-order chi connectivity index (χ0) is 34.0. The standard InChI is InChI=1S/C41H39IN2O3S/c1-5-8-12-29(6-2)27-47-43-37(22-23-48-33-18-14-30(26-42)15-19-33)41(46)32-17-21-39-36(25-32)35-24-31(16-20-38(35)44(39)7-3)40(45)34-13-10-9-11-28(34)4/h5-6,8-21,24-25H,1,7,22-23,26-27H2,2-4H3/b12-8-,29-6+,43-37+. The molecule has 0 aliphatic heterocycles. The average molecular weight is 767 g/mol. The molecule has 48 heavy (non-hydrogen) atoms. The van der Waals surface area contributed by atoms with Crippen LogP contribution < -0.4 is 0 Å². The van der Waals surface area contributed by atoms with Gasteiger partial charge < -0.3 is 9.40 Å². The third-order valence-electron chi connectivity index (χ3n) is 8.27. The van der Waals surface area contributed by atoms with E-state index in [-0.39, 0.29) is 18.2 Å². The Labute approximate surface area is 300 Å². The quantitative estimate of drug-likeness (QED) is 0.0203. The third-order valence-corrected chi connectivity index (χ3v) is 10.2. The van der Waals surface area contributed by atoms with E-state index in [0.717, 1.165) is 48.8 Å². The Hall–Kier alpha value is -4.21. The Kier molecular flexibility index (Phi) is 12.3. The number of alkyl halides is 1. The lowest BCUT2D eigenvalue weighted by atomic mass is 9.97. The fourth-order valence-corrected chi connectivity index (χ4v) is 6.99. The van der Waals surface area contributed by atoms with Gasteiger partial charge in [-0.05, 0) is 86.0 Å². The lowest BCUT2D eigenvalue weighted by molar-refractivity contribution is 0.103. The van der Waals surface area contributed by atoms with E-state index in [0.29, 0.717) is 34.6 Å². The summed E-state index contributed by atoms with van der Waals surface area (Å²) in [7, 11) is 0. The van der Waals surface area contributed by atoms with Gasteiger partial charge in [-0.15, -0.1) is 11.8 Å². The van der Waals surface area contributed by atoms with Gasteiger partial charge in [0.05, 0.1) is 0 Å². The summed E-state index contributed by atoms with van der Waals surface area (Å²) in [5.41, 5.74) is 7.38. The van der Waals surface area contributed by atoms with E-state index in [2.05, 4.69) is 70.1 Å². The summed E-state index contributed by atoms with van der Waals surface area (Å²) in [6.45, 7) is 10.7. The highest BCUT2D eigenvalue weighted by atomic mass is 127. The van der Waals surface area contributed by atoms with Crippen LogP contribution in [0.3, 0.4) is 0 Å². The maximum absolute atomic E-state index is 14.1. The largest absolute Gasteiger partial charge is 0.391 e. The minimum atomic E-state index is -0.175. The molecule has 0 bridgehead atoms. The number of ketones is 2. The van der Waals surface area contributed by atoms with Crippen molar-refractivity contribution in [2.24, 2.45) is 5.16 Å². The zero-order valence-corrected chi connectivity index (χ0v) is 30.5. The molecule has 1 aromatic heterocycles. The molecule has 1 heterocycles. The second-order valence-electron chi connectivity index (χ2n) is 11.3. The topological polar surface area (TPSA) is 60.7 Å². The number of allylic oxidation sites excluding steroid dienone is 3. The van der Waals surface area contributed by atoms with E-state index in [9.17, 15) is 9.59 Å². The van der Waals surface area contributed by atoms with Gasteiger partial charge in [-0.2, -0.15) is 0 Å². The van der Waals surface area contributed by atoms with Crippen LogP contribution in [-0.4, -0.2) is 34.2 Å². The molecule has 0 radical (unpaired) electrons. The summed E-state index contributed by atoms with van der Waals surface area (Å²) >= 11 is 4.05. The molecular weight excluding hydrogens is 727 g/mol. The van der Waals surface area contributed by atoms with E-state index < -0.39 is 0 Å². The summed E-state index contributed by atoms with van der Waals surface area (Å²) in [4.78, 5) is 34.6. The zero-order valence-electron chi connectivity index (χ0n) is 27.5. The van der Waals surface area contributed by atoms with Crippen molar-refractivity contribution in [3.63, 3.8) is 0 Å². The number of benzene rings is 4. The van der Waals surface area contributed by atoms with E-state index in [1.807, 2.05) is 92.7 Å². The molecule has 5 nitrogen and oxygen atoms in total. The van der Waals surface area contributed by atoms with Gasteiger partial charge in [-0.1, -0.05) is 95.0 Å². The van der Waals surface area contributed by atoms with E-state index >= 15 is 0 Å². The first-order valence-corrected chi connectivity index (χ1v) is 18.5. The number of carbonyl (C=O) groups is 2. The molecule has 0 unspecified atom stereocenters. The molecule has 0 amide bonds. The molecule has 5 rings (SSSR count). The lowest BCUT2D eigenvalue weighted by Crippen LogP contribution is -2.16. The maximum Gasteiger partial charge on any atom is 0.210 e. The number of fused-ring (bicyclic) bond motifs is 3. The van der Waals surface area contributed by atoms with Crippen molar-refractivity contribution in [2.45, 2.75) is 43.1 Å². The Morgan fingerprint density at radius 3 is 2.29 bits per heavy atom. The maximum atomic E-state index is 14.1. The molecule has 0 saturated carbocycles. The number of oxime groups is 1. The predicted octanol–water partition coefficient (Wildman–Crippen LogP) is 10.7. The van der Waals surface area contributed by atoms with Gasteiger partial charge in [-0.3, -0.25) is 9.59 Å². The minimum absolute atomic E-state index is 0.0175. The normalized spacial score (nSPS) is 12.2. The summed E-state index contributed by atoms with van der Waals surface area (Å²) in [6, 6.07) is 27.8. The number of halogens is 1. The summed E-state index contributed by atoms with van der Waals surface area (Å²) in [5.74, 6) is 0.480. The summed E-state index contributed by atoms with van der Waals surface area (Å²) in [5, 5.41) is 6.26. The molecule has 7 heteroatoms. The first kappa shape index (κ1) is 35.1. The third kappa shape index (κ3) is 8.08. The molecule has 0 aliphatic carbocycles. The Morgan fingerprint density at radius 1 is 0.958 bits per heavy atom. The van der Waals surface area contributed by atoms with Crippen LogP contribution in [0.4, 0.5) is 0 Å². The summed E-state index contributed by atoms with van der Waals surface area (Å²) in [6.07, 6.45) is 7.85. The van der Waals surface area contributed by atoms with Crippen molar-refractivity contribution in [2.75, 3.05) is 12.4 Å². The SMILES string of the molecule is C=C/C=C\C(=C/C)CO/N=C(\CCSc1ccc(CI)cc1)C(=O)c1ccc2c(c1)c1cc(C(=O)c3ccccc3C)ccc1n2CC. The first-order valence-electron chi connectivity index (χ1n) is 16.0. The molecule has 244 valence electrons. The van der Waals surface area contributed by atoms with E-state index in [1.54, 1.807) is 17.8 Å². The van der Waals surface area contributed by atoms with Crippen LogP contribution in [0.2, 0.25) is 0 Å². The van der Waals surface area contributed by atoms with Crippen LogP contribution in [0.25, 0.3) is 21.8 Å². The lowest BCUT2D eigenvalue weighted by Gasteiger charge is -2.08. The van der Waals surface area contributed by atoms with Crippen molar-refractivity contribution in [1.82, 2.24) is 4.57 Å². The van der Waals surface area contributed by atoms with Gasteiger partial charge in [0.1, 0.15) is 12.3 Å². The van der Waals surface area contributed by atoms with Gasteiger partial charge in [-0.25, -0.2) is 0 Å². The molecule has 0 saturated heterocycles. The molecule has 0 spiro atoms. The van der Waals surface area contributed by atoms with Crippen LogP contribution in [0.5, 0.6) is 0 Å². The number of Topliss-reactive ketones (excluding diaryl/α,β-unsaturated/α-hetero) is 1. The predicted molar refractivity (Wildman–Crippen MR) is 210 cm³/mol. The second-order valence-corrected chi connectivity index (χ2v) is 13.3. The number of carbonyl (C=O) groups excluding carboxylic acids is 2. The molecular formula is C41H39IN2O3S. The first-order chi connectivity index (χ1) is 23.4. The van der Waals surface area contributed by atoms with E-state index in [1.165, 1.54) is 5.56 Å². The van der Waals surface area contributed by atoms with Crippen LogP contribution in [-0.2, 0) is 15.8 Å². The van der Waals surface area contributed by atoms with Gasteiger partial charge in [0.2, 0.25) is 5.78 Å².